The summed E-state index contributed by atoms with van der Waals surface area (Å²) in [5, 5.41) is 0. The van der Waals surface area contributed by atoms with Crippen LogP contribution in [0.3, 0.4) is 0 Å². The molecule has 0 spiro atoms. The minimum Gasteiger partial charge on any atom is -0.245 e. The predicted molar refractivity (Wildman–Crippen MR) is 25.9 cm³/mol. The fourth-order valence-corrected chi connectivity index (χ4v) is 0. The normalized spacial score (nSPS) is 2.40. The Bertz CT molecular complexity index is 14.4. The van der Waals surface area contributed by atoms with Crippen molar-refractivity contribution in [2.45, 2.75) is 0 Å². The van der Waals surface area contributed by atoms with Crippen LogP contribution >= 0.6 is 17.0 Å². The SMILES string of the molecule is Br.C=C[CH2-].[Zn]. The van der Waals surface area contributed by atoms with Gasteiger partial charge in [-0.1, -0.05) is 0 Å². The molecule has 5 heavy (non-hydrogen) atoms. The molecule has 0 N–H and O–H groups in total. The third kappa shape index (κ3) is 68.2. The van der Waals surface area contributed by atoms with Crippen LogP contribution in [-0.4, -0.2) is 0 Å². The van der Waals surface area contributed by atoms with E-state index >= 15 is 0 Å². The molecule has 28 valence electrons. The van der Waals surface area contributed by atoms with Gasteiger partial charge in [-0.15, -0.1) is 17.0 Å². The van der Waals surface area contributed by atoms with Crippen molar-refractivity contribution >= 4 is 17.0 Å². The molecule has 0 radical (unpaired) electrons. The van der Waals surface area contributed by atoms with E-state index in [9.17, 15) is 0 Å². The third-order valence-corrected chi connectivity index (χ3v) is 0. The van der Waals surface area contributed by atoms with Crippen LogP contribution in [0, 0.1) is 6.92 Å². The molecule has 0 saturated carbocycles. The summed E-state index contributed by atoms with van der Waals surface area (Å²) in [5.74, 6) is 0. The molecule has 0 unspecified atom stereocenters. The molecule has 2 heteroatoms. The molecule has 0 amide bonds. The van der Waals surface area contributed by atoms with E-state index in [1.807, 2.05) is 0 Å². The van der Waals surface area contributed by atoms with Gasteiger partial charge in [0.1, 0.15) is 0 Å². The summed E-state index contributed by atoms with van der Waals surface area (Å²) < 4.78 is 0. The Morgan fingerprint density at radius 1 is 1.60 bits per heavy atom. The molecule has 0 saturated heterocycles. The molecule has 0 aliphatic carbocycles. The number of halogens is 1. The van der Waals surface area contributed by atoms with Crippen LogP contribution < -0.4 is 0 Å². The summed E-state index contributed by atoms with van der Waals surface area (Å²) in [6.07, 6.45) is 1.50. The van der Waals surface area contributed by atoms with Crippen molar-refractivity contribution in [1.82, 2.24) is 0 Å². The molecule has 0 aromatic rings. The molecule has 0 heterocycles. The van der Waals surface area contributed by atoms with Crippen molar-refractivity contribution < 1.29 is 19.5 Å². The van der Waals surface area contributed by atoms with Crippen LogP contribution in [0.5, 0.6) is 0 Å². The Hall–Kier alpha value is 0.713. The fourth-order valence-electron chi connectivity index (χ4n) is 0. The van der Waals surface area contributed by atoms with E-state index in [1.54, 1.807) is 0 Å². The number of hydrogen-bond donors (Lipinski definition) is 0. The topological polar surface area (TPSA) is 0 Å². The van der Waals surface area contributed by atoms with Crippen LogP contribution in [0.15, 0.2) is 12.7 Å². The van der Waals surface area contributed by atoms with Crippen LogP contribution in [0.4, 0.5) is 0 Å². The van der Waals surface area contributed by atoms with Crippen LogP contribution in [0.1, 0.15) is 0 Å². The monoisotopic (exact) mass is 185 g/mol. The van der Waals surface area contributed by atoms with Gasteiger partial charge in [0.25, 0.3) is 0 Å². The first kappa shape index (κ1) is 17.2. The van der Waals surface area contributed by atoms with E-state index in [4.69, 9.17) is 0 Å². The zero-order valence-corrected chi connectivity index (χ0v) is 7.79. The summed E-state index contributed by atoms with van der Waals surface area (Å²) in [6.45, 7) is 6.50. The van der Waals surface area contributed by atoms with Gasteiger partial charge >= 0.3 is 0 Å². The Morgan fingerprint density at radius 2 is 1.60 bits per heavy atom. The first-order valence-corrected chi connectivity index (χ1v) is 0.816. The van der Waals surface area contributed by atoms with Gasteiger partial charge in [0.15, 0.2) is 0 Å². The second kappa shape index (κ2) is 22.1. The fraction of sp³-hybridized carbons (Fsp3) is 0. The summed E-state index contributed by atoms with van der Waals surface area (Å²) in [6, 6.07) is 0. The molecule has 0 bridgehead atoms. The molecule has 0 nitrogen and oxygen atoms in total. The van der Waals surface area contributed by atoms with Gasteiger partial charge in [-0.3, -0.25) is 0 Å². The van der Waals surface area contributed by atoms with E-state index in [0.29, 0.717) is 0 Å². The van der Waals surface area contributed by atoms with Crippen molar-refractivity contribution in [1.29, 1.82) is 0 Å². The maximum atomic E-state index is 3.25. The number of rotatable bonds is 0. The first-order valence-electron chi connectivity index (χ1n) is 0.816. The molecule has 0 aromatic carbocycles. The van der Waals surface area contributed by atoms with E-state index in [-0.39, 0.29) is 36.5 Å². The standard InChI is InChI=1S/C3H5.BrH.Zn/c1-3-2;;/h3H,1-2H2;1H;/q-1;;. The molecule has 0 aliphatic heterocycles. The van der Waals surface area contributed by atoms with Gasteiger partial charge in [-0.05, 0) is 0 Å². The van der Waals surface area contributed by atoms with Crippen LogP contribution in [0.2, 0.25) is 0 Å². The van der Waals surface area contributed by atoms with Gasteiger partial charge in [-0.25, -0.2) is 19.6 Å². The van der Waals surface area contributed by atoms with Gasteiger partial charge in [0.2, 0.25) is 0 Å². The predicted octanol–water partition coefficient (Wildman–Crippen LogP) is 1.58. The van der Waals surface area contributed by atoms with E-state index < -0.39 is 0 Å². The van der Waals surface area contributed by atoms with E-state index in [2.05, 4.69) is 13.5 Å². The quantitative estimate of drug-likeness (QED) is 0.399. The zero-order valence-electron chi connectivity index (χ0n) is 3.11. The third-order valence-electron chi connectivity index (χ3n) is 0. The molecule has 0 aromatic heterocycles. The second-order valence-corrected chi connectivity index (χ2v) is 0.289. The van der Waals surface area contributed by atoms with Crippen LogP contribution in [0.25, 0.3) is 0 Å². The average molecular weight is 187 g/mol. The van der Waals surface area contributed by atoms with Gasteiger partial charge in [0.05, 0.1) is 0 Å². The summed E-state index contributed by atoms with van der Waals surface area (Å²) in [7, 11) is 0. The molecule has 0 aliphatic rings. The van der Waals surface area contributed by atoms with Crippen LogP contribution in [-0.2, 0) is 19.5 Å². The van der Waals surface area contributed by atoms with Crippen molar-refractivity contribution in [2.24, 2.45) is 0 Å². The molecule has 0 rings (SSSR count). The van der Waals surface area contributed by atoms with Gasteiger partial charge in [-0.2, -0.15) is 0 Å². The smallest absolute Gasteiger partial charge is 0 e. The van der Waals surface area contributed by atoms with Crippen molar-refractivity contribution in [3.8, 4) is 0 Å². The number of allylic oxidation sites excluding steroid dienone is 1. The van der Waals surface area contributed by atoms with Crippen molar-refractivity contribution in [2.75, 3.05) is 0 Å². The molecular weight excluding hydrogens is 181 g/mol. The second-order valence-electron chi connectivity index (χ2n) is 0.289. The Kier molecular flexibility index (Phi) is 76.3. The Morgan fingerprint density at radius 3 is 1.60 bits per heavy atom. The maximum absolute atomic E-state index is 3.25. The van der Waals surface area contributed by atoms with Gasteiger partial charge < -0.3 is 0 Å². The average Bonchev–Trinajstić information content (AvgIpc) is 0.918. The Balaban J connectivity index is -0.0000000200. The van der Waals surface area contributed by atoms with Crippen molar-refractivity contribution in [3.63, 3.8) is 0 Å². The summed E-state index contributed by atoms with van der Waals surface area (Å²) >= 11 is 0. The zero-order chi connectivity index (χ0) is 2.71. The summed E-state index contributed by atoms with van der Waals surface area (Å²) in [5.41, 5.74) is 0. The molecule has 0 fully saturated rings. The van der Waals surface area contributed by atoms with E-state index in [0.717, 1.165) is 0 Å². The Labute approximate surface area is 56.2 Å². The minimum absolute atomic E-state index is 0. The minimum atomic E-state index is 0. The molecular formula is C3H6BrZn-. The van der Waals surface area contributed by atoms with E-state index in [1.165, 1.54) is 6.08 Å². The maximum Gasteiger partial charge on any atom is 0 e. The largest absolute Gasteiger partial charge is 0.245 e. The van der Waals surface area contributed by atoms with Gasteiger partial charge in [0, 0.05) is 19.5 Å². The summed E-state index contributed by atoms with van der Waals surface area (Å²) in [4.78, 5) is 0. The number of hydrogen-bond acceptors (Lipinski definition) is 0. The molecule has 0 atom stereocenters. The van der Waals surface area contributed by atoms with Crippen molar-refractivity contribution in [3.05, 3.63) is 19.6 Å². The first-order chi connectivity index (χ1) is 1.41.